The van der Waals surface area contributed by atoms with E-state index in [1.54, 1.807) is 18.2 Å². The number of halogens is 3. The van der Waals surface area contributed by atoms with Gasteiger partial charge in [-0.15, -0.1) is 0 Å². The summed E-state index contributed by atoms with van der Waals surface area (Å²) in [5, 5.41) is 9.17. The summed E-state index contributed by atoms with van der Waals surface area (Å²) >= 11 is 0. The van der Waals surface area contributed by atoms with Crippen molar-refractivity contribution in [2.24, 2.45) is 0 Å². The molecule has 1 N–H and O–H groups in total. The summed E-state index contributed by atoms with van der Waals surface area (Å²) in [6.07, 6.45) is -4.47. The molecule has 0 saturated heterocycles. The zero-order chi connectivity index (χ0) is 14.0. The number of hydrogen-bond acceptors (Lipinski definition) is 2. The van der Waals surface area contributed by atoms with E-state index < -0.39 is 11.7 Å². The molecule has 100 valence electrons. The third-order valence-corrected chi connectivity index (χ3v) is 2.71. The Kier molecular flexibility index (Phi) is 3.38. The molecule has 2 rings (SSSR count). The van der Waals surface area contributed by atoms with Crippen molar-refractivity contribution in [1.82, 2.24) is 0 Å². The van der Waals surface area contributed by atoms with Gasteiger partial charge in [0.15, 0.2) is 0 Å². The van der Waals surface area contributed by atoms with Crippen LogP contribution in [0.1, 0.15) is 5.56 Å². The molecule has 0 aliphatic carbocycles. The van der Waals surface area contributed by atoms with Gasteiger partial charge in [-0.2, -0.15) is 13.2 Å². The fourth-order valence-electron chi connectivity index (χ4n) is 1.76. The van der Waals surface area contributed by atoms with E-state index in [2.05, 4.69) is 0 Å². The molecular formula is C14H11F3O2. The minimum Gasteiger partial charge on any atom is -0.508 e. The topological polar surface area (TPSA) is 29.5 Å². The quantitative estimate of drug-likeness (QED) is 0.889. The predicted molar refractivity (Wildman–Crippen MR) is 65.1 cm³/mol. The Morgan fingerprint density at radius 1 is 0.947 bits per heavy atom. The monoisotopic (exact) mass is 268 g/mol. The average Bonchev–Trinajstić information content (AvgIpc) is 2.38. The lowest BCUT2D eigenvalue weighted by molar-refractivity contribution is -0.138. The molecule has 0 radical (unpaired) electrons. The highest BCUT2D eigenvalue weighted by molar-refractivity contribution is 5.66. The Bertz CT molecular complexity index is 574. The molecule has 0 bridgehead atoms. The van der Waals surface area contributed by atoms with Gasteiger partial charge in [-0.3, -0.25) is 0 Å². The Hall–Kier alpha value is -2.17. The molecule has 0 spiro atoms. The van der Waals surface area contributed by atoms with Crippen LogP contribution in [0, 0.1) is 0 Å². The molecule has 0 amide bonds. The molecule has 5 heteroatoms. The first-order valence-corrected chi connectivity index (χ1v) is 5.46. The first-order valence-electron chi connectivity index (χ1n) is 5.46. The number of phenolic OH excluding ortho intramolecular Hbond substituents is 1. The minimum absolute atomic E-state index is 0.0632. The molecule has 2 aromatic carbocycles. The fraction of sp³-hybridized carbons (Fsp3) is 0.143. The third kappa shape index (κ3) is 2.81. The van der Waals surface area contributed by atoms with E-state index in [0.717, 1.165) is 6.07 Å². The summed E-state index contributed by atoms with van der Waals surface area (Å²) in [5.74, 6) is -0.150. The molecule has 0 aromatic heterocycles. The van der Waals surface area contributed by atoms with Crippen molar-refractivity contribution < 1.29 is 23.0 Å². The predicted octanol–water partition coefficient (Wildman–Crippen LogP) is 4.09. The molecular weight excluding hydrogens is 257 g/mol. The highest BCUT2D eigenvalue weighted by Crippen LogP contribution is 2.38. The Labute approximate surface area is 108 Å². The molecule has 0 aliphatic heterocycles. The summed E-state index contributed by atoms with van der Waals surface area (Å²) in [5.41, 5.74) is 0.180. The van der Waals surface area contributed by atoms with E-state index >= 15 is 0 Å². The second kappa shape index (κ2) is 4.84. The normalized spacial score (nSPS) is 11.4. The van der Waals surface area contributed by atoms with Crippen LogP contribution >= 0.6 is 0 Å². The standard InChI is InChI=1S/C14H11F3O2/c1-19-13-7-4-10(8-12(13)14(15,16)17)9-2-5-11(18)6-3-9/h2-8,18H,1H3. The van der Waals surface area contributed by atoms with E-state index in [0.29, 0.717) is 11.1 Å². The van der Waals surface area contributed by atoms with Gasteiger partial charge in [0.25, 0.3) is 0 Å². The van der Waals surface area contributed by atoms with Gasteiger partial charge in [-0.25, -0.2) is 0 Å². The van der Waals surface area contributed by atoms with Crippen LogP contribution in [0.2, 0.25) is 0 Å². The molecule has 0 unspecified atom stereocenters. The van der Waals surface area contributed by atoms with Gasteiger partial charge in [0.2, 0.25) is 0 Å². The van der Waals surface area contributed by atoms with Gasteiger partial charge >= 0.3 is 6.18 Å². The van der Waals surface area contributed by atoms with Crippen LogP contribution in [0.25, 0.3) is 11.1 Å². The van der Waals surface area contributed by atoms with Crippen molar-refractivity contribution in [3.05, 3.63) is 48.0 Å². The number of aromatic hydroxyl groups is 1. The van der Waals surface area contributed by atoms with Gasteiger partial charge < -0.3 is 9.84 Å². The summed E-state index contributed by atoms with van der Waals surface area (Å²) < 4.78 is 43.3. The lowest BCUT2D eigenvalue weighted by atomic mass is 10.0. The van der Waals surface area contributed by atoms with Crippen molar-refractivity contribution in [1.29, 1.82) is 0 Å². The number of phenols is 1. The number of methoxy groups -OCH3 is 1. The fourth-order valence-corrected chi connectivity index (χ4v) is 1.76. The first kappa shape index (κ1) is 13.3. The molecule has 0 heterocycles. The smallest absolute Gasteiger partial charge is 0.419 e. The zero-order valence-electron chi connectivity index (χ0n) is 10.0. The van der Waals surface area contributed by atoms with E-state index in [4.69, 9.17) is 9.84 Å². The van der Waals surface area contributed by atoms with Gasteiger partial charge in [-0.05, 0) is 35.4 Å². The largest absolute Gasteiger partial charge is 0.508 e. The Morgan fingerprint density at radius 3 is 2.05 bits per heavy atom. The number of benzene rings is 2. The minimum atomic E-state index is -4.47. The van der Waals surface area contributed by atoms with Crippen molar-refractivity contribution in [3.8, 4) is 22.6 Å². The zero-order valence-corrected chi connectivity index (χ0v) is 10.0. The van der Waals surface area contributed by atoms with Crippen LogP contribution in [0.5, 0.6) is 11.5 Å². The summed E-state index contributed by atoms with van der Waals surface area (Å²) in [6, 6.07) is 9.81. The maximum Gasteiger partial charge on any atom is 0.419 e. The lowest BCUT2D eigenvalue weighted by Crippen LogP contribution is -2.07. The maximum atomic E-state index is 12.9. The molecule has 0 fully saturated rings. The first-order chi connectivity index (χ1) is 8.91. The van der Waals surface area contributed by atoms with Crippen LogP contribution in [-0.4, -0.2) is 12.2 Å². The second-order valence-corrected chi connectivity index (χ2v) is 3.96. The van der Waals surface area contributed by atoms with Crippen molar-refractivity contribution in [3.63, 3.8) is 0 Å². The summed E-state index contributed by atoms with van der Waals surface area (Å²) in [6.45, 7) is 0. The number of ether oxygens (including phenoxy) is 1. The van der Waals surface area contributed by atoms with Crippen LogP contribution in [-0.2, 0) is 6.18 Å². The van der Waals surface area contributed by atoms with Gasteiger partial charge in [-0.1, -0.05) is 18.2 Å². The number of hydrogen-bond donors (Lipinski definition) is 1. The number of rotatable bonds is 2. The second-order valence-electron chi connectivity index (χ2n) is 3.96. The van der Waals surface area contributed by atoms with Crippen molar-refractivity contribution >= 4 is 0 Å². The van der Waals surface area contributed by atoms with E-state index in [1.165, 1.54) is 25.3 Å². The van der Waals surface area contributed by atoms with Crippen molar-refractivity contribution in [2.75, 3.05) is 7.11 Å². The Balaban J connectivity index is 2.52. The van der Waals surface area contributed by atoms with Gasteiger partial charge in [0.05, 0.1) is 12.7 Å². The number of alkyl halides is 3. The maximum absolute atomic E-state index is 12.9. The van der Waals surface area contributed by atoms with Crippen LogP contribution in [0.4, 0.5) is 13.2 Å². The molecule has 2 aromatic rings. The van der Waals surface area contributed by atoms with Crippen LogP contribution < -0.4 is 4.74 Å². The van der Waals surface area contributed by atoms with Crippen LogP contribution in [0.3, 0.4) is 0 Å². The third-order valence-electron chi connectivity index (χ3n) is 2.71. The molecule has 0 saturated carbocycles. The SMILES string of the molecule is COc1ccc(-c2ccc(O)cc2)cc1C(F)(F)F. The molecule has 19 heavy (non-hydrogen) atoms. The molecule has 2 nitrogen and oxygen atoms in total. The summed E-state index contributed by atoms with van der Waals surface area (Å²) in [4.78, 5) is 0. The molecule has 0 atom stereocenters. The summed E-state index contributed by atoms with van der Waals surface area (Å²) in [7, 11) is 1.20. The average molecular weight is 268 g/mol. The van der Waals surface area contributed by atoms with E-state index in [9.17, 15) is 13.2 Å². The Morgan fingerprint density at radius 2 is 1.53 bits per heavy atom. The van der Waals surface area contributed by atoms with Crippen LogP contribution in [0.15, 0.2) is 42.5 Å². The highest BCUT2D eigenvalue weighted by atomic mass is 19.4. The van der Waals surface area contributed by atoms with Gasteiger partial charge in [0.1, 0.15) is 11.5 Å². The van der Waals surface area contributed by atoms with E-state index in [1.807, 2.05) is 0 Å². The van der Waals surface area contributed by atoms with Gasteiger partial charge in [0, 0.05) is 0 Å². The van der Waals surface area contributed by atoms with E-state index in [-0.39, 0.29) is 11.5 Å². The highest BCUT2D eigenvalue weighted by Gasteiger charge is 2.34. The lowest BCUT2D eigenvalue weighted by Gasteiger charge is -2.13. The molecule has 0 aliphatic rings. The van der Waals surface area contributed by atoms with Crippen molar-refractivity contribution in [2.45, 2.75) is 6.18 Å².